The topological polar surface area (TPSA) is 37.0 Å². The van der Waals surface area contributed by atoms with Crippen LogP contribution >= 0.6 is 28.1 Å². The quantitative estimate of drug-likeness (QED) is 0.821. The van der Waals surface area contributed by atoms with Gasteiger partial charge in [-0.1, -0.05) is 15.9 Å². The van der Waals surface area contributed by atoms with Crippen LogP contribution in [0.5, 0.6) is 0 Å². The molecule has 0 bridgehead atoms. The number of anilines is 2. The Morgan fingerprint density at radius 2 is 1.89 bits per heavy atom. The van der Waals surface area contributed by atoms with E-state index in [-0.39, 0.29) is 0 Å². The van der Waals surface area contributed by atoms with E-state index in [0.717, 1.165) is 21.5 Å². The second-order valence-corrected chi connectivity index (χ2v) is 5.05. The summed E-state index contributed by atoms with van der Waals surface area (Å²) in [4.78, 5) is 4.19. The maximum absolute atomic E-state index is 5.25. The van der Waals surface area contributed by atoms with E-state index in [0.29, 0.717) is 5.11 Å². The van der Waals surface area contributed by atoms with Crippen molar-refractivity contribution in [3.63, 3.8) is 0 Å². The first kappa shape index (κ1) is 13.0. The van der Waals surface area contributed by atoms with Crippen molar-refractivity contribution < 1.29 is 0 Å². The average Bonchev–Trinajstić information content (AvgIpc) is 2.35. The minimum atomic E-state index is 0.549. The Hall–Kier alpha value is -1.46. The van der Waals surface area contributed by atoms with Gasteiger partial charge in [0.25, 0.3) is 0 Å². The van der Waals surface area contributed by atoms with Gasteiger partial charge in [-0.2, -0.15) is 0 Å². The zero-order chi connectivity index (χ0) is 13.0. The molecule has 2 rings (SSSR count). The van der Waals surface area contributed by atoms with Crippen LogP contribution in [0.2, 0.25) is 0 Å². The number of thiocarbonyl (C=S) groups is 1. The summed E-state index contributed by atoms with van der Waals surface area (Å²) in [5.41, 5.74) is 2.77. The third-order valence-electron chi connectivity index (χ3n) is 2.36. The second-order valence-electron chi connectivity index (χ2n) is 3.72. The van der Waals surface area contributed by atoms with E-state index in [9.17, 15) is 0 Å². The number of aromatic nitrogens is 1. The molecule has 0 fully saturated rings. The molecule has 0 aliphatic heterocycles. The normalized spacial score (nSPS) is 9.89. The van der Waals surface area contributed by atoms with Crippen molar-refractivity contribution in [3.8, 4) is 0 Å². The molecule has 0 aliphatic rings. The van der Waals surface area contributed by atoms with E-state index in [1.165, 1.54) is 0 Å². The first-order valence-corrected chi connectivity index (χ1v) is 6.60. The van der Waals surface area contributed by atoms with Gasteiger partial charge in [0.2, 0.25) is 0 Å². The zero-order valence-electron chi connectivity index (χ0n) is 9.77. The van der Waals surface area contributed by atoms with Crippen LogP contribution in [0, 0.1) is 6.92 Å². The predicted octanol–water partition coefficient (Wildman–Crippen LogP) is 3.96. The molecule has 18 heavy (non-hydrogen) atoms. The van der Waals surface area contributed by atoms with Crippen molar-refractivity contribution in [2.24, 2.45) is 0 Å². The monoisotopic (exact) mass is 321 g/mol. The van der Waals surface area contributed by atoms with Gasteiger partial charge < -0.3 is 10.6 Å². The van der Waals surface area contributed by atoms with E-state index >= 15 is 0 Å². The second kappa shape index (κ2) is 5.93. The molecule has 5 heteroatoms. The number of hydrogen-bond donors (Lipinski definition) is 2. The Morgan fingerprint density at radius 3 is 2.56 bits per heavy atom. The van der Waals surface area contributed by atoms with Gasteiger partial charge in [0.1, 0.15) is 0 Å². The van der Waals surface area contributed by atoms with Crippen molar-refractivity contribution in [1.29, 1.82) is 0 Å². The van der Waals surface area contributed by atoms with Crippen molar-refractivity contribution in [2.45, 2.75) is 6.92 Å². The van der Waals surface area contributed by atoms with E-state index < -0.39 is 0 Å². The van der Waals surface area contributed by atoms with Gasteiger partial charge in [-0.15, -0.1) is 0 Å². The third kappa shape index (κ3) is 3.51. The fourth-order valence-electron chi connectivity index (χ4n) is 1.43. The molecule has 3 nitrogen and oxygen atoms in total. The Kier molecular flexibility index (Phi) is 4.28. The van der Waals surface area contributed by atoms with E-state index in [1.807, 2.05) is 43.3 Å². The van der Waals surface area contributed by atoms with Gasteiger partial charge >= 0.3 is 0 Å². The Bertz CT molecular complexity index is 554. The van der Waals surface area contributed by atoms with E-state index in [4.69, 9.17) is 12.2 Å². The molecule has 0 unspecified atom stereocenters. The molecule has 2 N–H and O–H groups in total. The summed E-state index contributed by atoms with van der Waals surface area (Å²) >= 11 is 8.64. The molecule has 0 atom stereocenters. The highest BCUT2D eigenvalue weighted by Gasteiger charge is 2.01. The summed E-state index contributed by atoms with van der Waals surface area (Å²) in [6.07, 6.45) is 1.76. The number of halogens is 1. The number of aryl methyl sites for hydroxylation is 1. The molecule has 1 aromatic carbocycles. The Morgan fingerprint density at radius 1 is 1.17 bits per heavy atom. The molecule has 1 heterocycles. The van der Waals surface area contributed by atoms with Crippen molar-refractivity contribution >= 4 is 44.6 Å². The summed E-state index contributed by atoms with van der Waals surface area (Å²) in [5.74, 6) is 0. The van der Waals surface area contributed by atoms with Crippen molar-refractivity contribution in [2.75, 3.05) is 10.6 Å². The maximum Gasteiger partial charge on any atom is 0.175 e. The van der Waals surface area contributed by atoms with Crippen LogP contribution in [0.3, 0.4) is 0 Å². The van der Waals surface area contributed by atoms with Crippen LogP contribution < -0.4 is 10.6 Å². The van der Waals surface area contributed by atoms with E-state index in [1.54, 1.807) is 6.20 Å². The lowest BCUT2D eigenvalue weighted by atomic mass is 10.3. The van der Waals surface area contributed by atoms with E-state index in [2.05, 4.69) is 31.5 Å². The molecule has 0 saturated carbocycles. The summed E-state index contributed by atoms with van der Waals surface area (Å²) in [6, 6.07) is 11.6. The molecule has 2 aromatic rings. The molecular weight excluding hydrogens is 310 g/mol. The van der Waals surface area contributed by atoms with Gasteiger partial charge in [0.15, 0.2) is 5.11 Å². The van der Waals surface area contributed by atoms with Crippen LogP contribution in [0.15, 0.2) is 47.1 Å². The fourth-order valence-corrected chi connectivity index (χ4v) is 1.93. The Labute approximate surface area is 120 Å². The fraction of sp³-hybridized carbons (Fsp3) is 0.0769. The SMILES string of the molecule is Cc1ncccc1NC(=S)Nc1ccc(Br)cc1. The lowest BCUT2D eigenvalue weighted by Crippen LogP contribution is -2.19. The van der Waals surface area contributed by atoms with Crippen LogP contribution in [-0.4, -0.2) is 10.1 Å². The van der Waals surface area contributed by atoms with Gasteiger partial charge in [-0.25, -0.2) is 0 Å². The lowest BCUT2D eigenvalue weighted by molar-refractivity contribution is 1.20. The number of benzene rings is 1. The van der Waals surface area contributed by atoms with Gasteiger partial charge in [0.05, 0.1) is 11.4 Å². The molecule has 0 saturated heterocycles. The molecule has 0 aliphatic carbocycles. The highest BCUT2D eigenvalue weighted by atomic mass is 79.9. The molecule has 1 aromatic heterocycles. The lowest BCUT2D eigenvalue weighted by Gasteiger charge is -2.11. The molecule has 0 radical (unpaired) electrons. The predicted molar refractivity (Wildman–Crippen MR) is 83.0 cm³/mol. The van der Waals surface area contributed by atoms with Crippen LogP contribution in [0.1, 0.15) is 5.69 Å². The van der Waals surface area contributed by atoms with Crippen LogP contribution in [0.4, 0.5) is 11.4 Å². The Balaban J connectivity index is 2.01. The first-order chi connectivity index (χ1) is 8.65. The molecule has 0 spiro atoms. The number of nitrogens with zero attached hydrogens (tertiary/aromatic N) is 1. The molecule has 0 amide bonds. The summed E-state index contributed by atoms with van der Waals surface area (Å²) < 4.78 is 1.04. The summed E-state index contributed by atoms with van der Waals surface area (Å²) in [7, 11) is 0. The maximum atomic E-state index is 5.25. The third-order valence-corrected chi connectivity index (χ3v) is 3.09. The summed E-state index contributed by atoms with van der Waals surface area (Å²) in [5, 5.41) is 6.79. The van der Waals surface area contributed by atoms with Crippen molar-refractivity contribution in [3.05, 3.63) is 52.8 Å². The average molecular weight is 322 g/mol. The van der Waals surface area contributed by atoms with Gasteiger partial charge in [-0.3, -0.25) is 4.98 Å². The van der Waals surface area contributed by atoms with Crippen LogP contribution in [0.25, 0.3) is 0 Å². The minimum absolute atomic E-state index is 0.549. The smallest absolute Gasteiger partial charge is 0.175 e. The molecule has 92 valence electrons. The number of nitrogens with one attached hydrogen (secondary N) is 2. The van der Waals surface area contributed by atoms with Gasteiger partial charge in [0, 0.05) is 16.4 Å². The molecular formula is C13H12BrN3S. The highest BCUT2D eigenvalue weighted by Crippen LogP contribution is 2.15. The van der Waals surface area contributed by atoms with Gasteiger partial charge in [-0.05, 0) is 55.5 Å². The zero-order valence-corrected chi connectivity index (χ0v) is 12.2. The van der Waals surface area contributed by atoms with Crippen molar-refractivity contribution in [1.82, 2.24) is 4.98 Å². The summed E-state index contributed by atoms with van der Waals surface area (Å²) in [6.45, 7) is 1.94. The largest absolute Gasteiger partial charge is 0.332 e. The number of rotatable bonds is 2. The number of hydrogen-bond acceptors (Lipinski definition) is 2. The number of pyridine rings is 1. The first-order valence-electron chi connectivity index (χ1n) is 5.40. The standard InChI is InChI=1S/C13H12BrN3S/c1-9-12(3-2-8-15-9)17-13(18)16-11-6-4-10(14)5-7-11/h2-8H,1H3,(H2,16,17,18). The minimum Gasteiger partial charge on any atom is -0.332 e. The highest BCUT2D eigenvalue weighted by molar-refractivity contribution is 9.10. The van der Waals surface area contributed by atoms with Crippen LogP contribution in [-0.2, 0) is 0 Å².